The smallest absolute Gasteiger partial charge is 0.407 e. The summed E-state index contributed by atoms with van der Waals surface area (Å²) < 4.78 is 77.0. The zero-order valence-electron chi connectivity index (χ0n) is 73.8. The predicted molar refractivity (Wildman–Crippen MR) is 463 cm³/mol. The molecule has 34 nitrogen and oxygen atoms in total. The van der Waals surface area contributed by atoms with E-state index in [4.69, 9.17) is 78.1 Å². The fourth-order valence-electron chi connectivity index (χ4n) is 16.8. The molecule has 2 saturated heterocycles. The number of carbonyl (C=O) groups excluding carboxylic acids is 6. The molecule has 1 saturated carbocycles. The van der Waals surface area contributed by atoms with Crippen LogP contribution < -0.4 is 16.8 Å². The number of aliphatic hydroxyl groups is 4. The molecule has 1 aromatic carbocycles. The number of ether oxygens (including phenoxy) is 13. The molecule has 2 bridgehead atoms. The average molecular weight is 1750 g/mol. The lowest BCUT2D eigenvalue weighted by Crippen LogP contribution is -2.61. The SMILES string of the molecule is CO[C@H]1C[C@@H]2CC[C@@H](C)[C@@](O)(O2)C(=O)C(=O)N2CCCC[C@H]2C(=O)O[C@H]([C@H](N)C[C@@H]2CC[C@@H](OC(=O)NCCOCCOCCOCCOCCOCCOCCOCCOCCC(=O)N3CCc4cc(Cn5nc(-c6cnc7[nH]ccc7c6)c6c(N)ncnc65)ccc4C3)[C@H](OC)C2)C[C@@H](O)[C@H](C)/C=C(\C)[C@@H](O)[C@@H](O)C(=O)[C@H](C)C[C@H](C)/C=C/C=CC=C1C. The first-order chi connectivity index (χ1) is 60.3. The molecule has 10 rings (SSSR count). The number of aliphatic hydroxyl groups excluding tert-OH is 3. The summed E-state index contributed by atoms with van der Waals surface area (Å²) in [5.41, 5.74) is 20.8. The molecule has 125 heavy (non-hydrogen) atoms. The van der Waals surface area contributed by atoms with Crippen LogP contribution in [0.2, 0.25) is 0 Å². The minimum Gasteiger partial charge on any atom is -0.459 e. The highest BCUT2D eigenvalue weighted by molar-refractivity contribution is 6.39. The number of aromatic amines is 1. The van der Waals surface area contributed by atoms with Crippen molar-refractivity contribution in [2.75, 3.05) is 145 Å². The fourth-order valence-corrected chi connectivity index (χ4v) is 16.8. The number of hydrogen-bond donors (Lipinski definition) is 8. The molecule has 690 valence electrons. The van der Waals surface area contributed by atoms with E-state index >= 15 is 0 Å². The first-order valence-electron chi connectivity index (χ1n) is 44.2. The number of rotatable bonds is 36. The minimum absolute atomic E-state index is 0.0160. The van der Waals surface area contributed by atoms with E-state index in [0.717, 1.165) is 44.6 Å². The number of aromatic nitrogens is 6. The Morgan fingerprint density at radius 2 is 1.39 bits per heavy atom. The van der Waals surface area contributed by atoms with Gasteiger partial charge in [-0.1, -0.05) is 82.4 Å². The van der Waals surface area contributed by atoms with Gasteiger partial charge in [-0.15, -0.1) is 0 Å². The average Bonchev–Trinajstić information content (AvgIpc) is 1.71. The standard InChI is InChI=1S/C91H133N11O23/c1-58-14-10-9-11-15-59(2)75(113-7)52-70-21-17-63(6)91(112,125-70)84(108)88(109)101-28-13-12-16-72(101)89(110)123-76(53-73(103)60(3)47-62(5)82(106)83(107)81(105)61(4)46-58)71(92)49-64-19-22-74(77(50-64)114-8)124-90(111)95-27-31-116-33-35-118-37-39-120-41-43-122-45-44-121-42-40-119-38-36-117-34-32-115-30-25-78(104)100-29-24-66-48-65(18-20-68(66)56-100)55-102-87-79(85(93)97-57-98-87)80(99-102)69-51-67-23-26-94-86(67)96-54-69/h9-11,14-15,18,20,23,26,47-48,51,54,57-58,60-61,63-64,70-77,82-83,103,106-107,112H,12-13,16-17,19,21-22,24-25,27-46,49-50,52-53,55-56,92H2,1-8H3,(H,94,96)(H,95,111)(H2,93,97,98)/b11-9?,14-10+,59-15?,62-47+/t58-,60-,61-,63-,64+,70+,71-,72+,73-,74-,75+,76+,77-,82-,83+,91-/m1/s1. The third-order valence-corrected chi connectivity index (χ3v) is 24.2. The maximum absolute atomic E-state index is 14.7. The van der Waals surface area contributed by atoms with E-state index < -0.39 is 114 Å². The van der Waals surface area contributed by atoms with Crippen molar-refractivity contribution in [3.8, 4) is 11.3 Å². The highest BCUT2D eigenvalue weighted by Crippen LogP contribution is 2.39. The van der Waals surface area contributed by atoms with Gasteiger partial charge in [-0.05, 0) is 136 Å². The van der Waals surface area contributed by atoms with Gasteiger partial charge in [0.25, 0.3) is 11.7 Å². The number of anilines is 1. The third-order valence-electron chi connectivity index (χ3n) is 24.2. The Kier molecular flexibility index (Phi) is 39.8. The fraction of sp³-hybridized carbons (Fsp3) is 0.648. The number of piperidine rings is 1. The van der Waals surface area contributed by atoms with Crippen LogP contribution in [0.25, 0.3) is 33.3 Å². The molecule has 4 aromatic heterocycles. The summed E-state index contributed by atoms with van der Waals surface area (Å²) in [4.78, 5) is 103. The molecule has 4 aliphatic heterocycles. The lowest BCUT2D eigenvalue weighted by Gasteiger charge is -2.42. The summed E-state index contributed by atoms with van der Waals surface area (Å²) in [7, 11) is 3.08. The van der Waals surface area contributed by atoms with Crippen LogP contribution in [0.15, 0.2) is 96.7 Å². The van der Waals surface area contributed by atoms with Crippen LogP contribution in [0.4, 0.5) is 10.6 Å². The number of amides is 3. The lowest BCUT2D eigenvalue weighted by molar-refractivity contribution is -0.265. The van der Waals surface area contributed by atoms with Gasteiger partial charge in [0.1, 0.15) is 53.9 Å². The highest BCUT2D eigenvalue weighted by Gasteiger charge is 2.53. The van der Waals surface area contributed by atoms with Gasteiger partial charge in [0.05, 0.1) is 148 Å². The van der Waals surface area contributed by atoms with Crippen LogP contribution in [0.5, 0.6) is 0 Å². The Bertz CT molecular complexity index is 4390. The first kappa shape index (κ1) is 98.8. The number of ketones is 2. The molecule has 34 heteroatoms. The van der Waals surface area contributed by atoms with Gasteiger partial charge in [0, 0.05) is 100 Å². The van der Waals surface area contributed by atoms with Crippen LogP contribution in [0.1, 0.15) is 142 Å². The van der Waals surface area contributed by atoms with Crippen LogP contribution in [-0.4, -0.2) is 302 Å². The zero-order valence-corrected chi connectivity index (χ0v) is 73.8. The molecule has 3 amide bonds. The third kappa shape index (κ3) is 29.1. The van der Waals surface area contributed by atoms with Crippen LogP contribution >= 0.6 is 0 Å². The summed E-state index contributed by atoms with van der Waals surface area (Å²) in [6.07, 6.45) is 12.4. The summed E-state index contributed by atoms with van der Waals surface area (Å²) in [6, 6.07) is 8.18. The number of nitrogens with zero attached hydrogens (tertiary/aromatic N) is 7. The number of carbonyl (C=O) groups is 6. The number of alkyl carbamates (subject to hydrolysis) is 1. The quantitative estimate of drug-likeness (QED) is 0.00852. The summed E-state index contributed by atoms with van der Waals surface area (Å²) in [5.74, 6) is -8.08. The number of nitrogens with two attached hydrogens (primary N) is 2. The van der Waals surface area contributed by atoms with Crippen LogP contribution in [0.3, 0.4) is 0 Å². The van der Waals surface area contributed by atoms with Crippen molar-refractivity contribution in [1.29, 1.82) is 0 Å². The van der Waals surface area contributed by atoms with E-state index in [0.29, 0.717) is 186 Å². The van der Waals surface area contributed by atoms with E-state index in [1.165, 1.54) is 19.0 Å². The van der Waals surface area contributed by atoms with E-state index in [1.54, 1.807) is 47.1 Å². The van der Waals surface area contributed by atoms with Gasteiger partial charge in [-0.2, -0.15) is 5.10 Å². The number of nitrogens with one attached hydrogen (secondary N) is 2. The van der Waals surface area contributed by atoms with Crippen LogP contribution in [0, 0.1) is 29.6 Å². The van der Waals surface area contributed by atoms with Gasteiger partial charge in [0.2, 0.25) is 11.7 Å². The van der Waals surface area contributed by atoms with Gasteiger partial charge in [0.15, 0.2) is 11.4 Å². The number of esters is 1. The Labute approximate surface area is 732 Å². The Hall–Kier alpha value is -8.40. The van der Waals surface area contributed by atoms with Crippen molar-refractivity contribution in [2.45, 2.75) is 211 Å². The maximum atomic E-state index is 14.7. The largest absolute Gasteiger partial charge is 0.459 e. The molecule has 0 unspecified atom stereocenters. The number of Topliss-reactive ketones (excluding diaryl/α,β-unsaturated/α-hetero) is 2. The molecule has 3 fully saturated rings. The summed E-state index contributed by atoms with van der Waals surface area (Å²) in [5, 5.41) is 55.9. The molecule has 5 aliphatic rings. The van der Waals surface area contributed by atoms with Crippen LogP contribution in [-0.2, 0) is 105 Å². The Balaban J connectivity index is 0.549. The summed E-state index contributed by atoms with van der Waals surface area (Å²) in [6.45, 7) is 18.0. The van der Waals surface area contributed by atoms with Gasteiger partial charge < -0.3 is 114 Å². The number of nitrogen functional groups attached to an aromatic ring is 1. The number of H-pyrrole nitrogens is 1. The van der Waals surface area contributed by atoms with Crippen molar-refractivity contribution in [3.05, 3.63) is 113 Å². The van der Waals surface area contributed by atoms with Gasteiger partial charge >= 0.3 is 12.1 Å². The number of fused-ring (bicyclic) bond motifs is 6. The van der Waals surface area contributed by atoms with E-state index in [9.17, 15) is 49.2 Å². The van der Waals surface area contributed by atoms with Gasteiger partial charge in [-0.3, -0.25) is 19.2 Å². The first-order valence-corrected chi connectivity index (χ1v) is 44.2. The van der Waals surface area contributed by atoms with Gasteiger partial charge in [-0.25, -0.2) is 29.2 Å². The second kappa shape index (κ2) is 50.4. The molecule has 10 N–H and O–H groups in total. The normalized spacial score (nSPS) is 27.1. The van der Waals surface area contributed by atoms with E-state index in [2.05, 4.69) is 43.5 Å². The Morgan fingerprint density at radius 1 is 0.712 bits per heavy atom. The second-order valence-corrected chi connectivity index (χ2v) is 33.5. The number of cyclic esters (lactones) is 1. The van der Waals surface area contributed by atoms with Crippen molar-refractivity contribution in [3.63, 3.8) is 0 Å². The van der Waals surface area contributed by atoms with E-state index in [-0.39, 0.29) is 81.7 Å². The van der Waals surface area contributed by atoms with Crippen molar-refractivity contribution in [2.24, 2.45) is 35.3 Å². The predicted octanol–water partition coefficient (Wildman–Crippen LogP) is 7.16. The van der Waals surface area contributed by atoms with Crippen molar-refractivity contribution < 1.29 is 111 Å². The van der Waals surface area contributed by atoms with E-state index in [1.807, 2.05) is 72.1 Å². The summed E-state index contributed by atoms with van der Waals surface area (Å²) >= 11 is 0. The highest BCUT2D eigenvalue weighted by atomic mass is 16.6. The molecule has 8 heterocycles. The lowest BCUT2D eigenvalue weighted by atomic mass is 9.80. The number of hydrogen-bond acceptors (Lipinski definition) is 29. The number of pyridine rings is 1. The monoisotopic (exact) mass is 1750 g/mol. The number of allylic oxidation sites excluding steroid dienone is 5. The zero-order chi connectivity index (χ0) is 89.4. The maximum Gasteiger partial charge on any atom is 0.407 e. The molecule has 16 atom stereocenters. The topological polar surface area (TPSA) is 446 Å². The van der Waals surface area contributed by atoms with Crippen molar-refractivity contribution in [1.82, 2.24) is 44.8 Å². The molecular formula is C91H133N11O23. The molecule has 5 aromatic rings. The minimum atomic E-state index is -2.50. The molecular weight excluding hydrogens is 1620 g/mol. The van der Waals surface area contributed by atoms with Crippen molar-refractivity contribution >= 4 is 63.3 Å². The number of methoxy groups -OCH3 is 2. The second-order valence-electron chi connectivity index (χ2n) is 33.5. The number of benzene rings is 1. The molecule has 0 radical (unpaired) electrons. The molecule has 0 spiro atoms. The Morgan fingerprint density at radius 3 is 2.07 bits per heavy atom. The molecule has 1 aliphatic carbocycles.